The van der Waals surface area contributed by atoms with Gasteiger partial charge in [0.25, 0.3) is 0 Å². The molecule has 118 valence electrons. The molecule has 0 N–H and O–H groups in total. The zero-order valence-electron chi connectivity index (χ0n) is 12.5. The monoisotopic (exact) mass is 310 g/mol. The highest BCUT2D eigenvalue weighted by molar-refractivity contribution is 6.11. The zero-order chi connectivity index (χ0) is 16.3. The first-order valence-corrected chi connectivity index (χ1v) is 6.52. The topological polar surface area (TPSA) is 44.8 Å². The van der Waals surface area contributed by atoms with Gasteiger partial charge in [0.05, 0.1) is 20.6 Å². The van der Waals surface area contributed by atoms with Crippen LogP contribution in [-0.4, -0.2) is 33.0 Å². The van der Waals surface area contributed by atoms with Gasteiger partial charge in [0.15, 0.2) is 17.3 Å². The summed E-state index contributed by atoms with van der Waals surface area (Å²) in [7, 11) is 4.02. The molecule has 1 atom stereocenters. The summed E-state index contributed by atoms with van der Waals surface area (Å²) in [6.07, 6.45) is 1.44. The molecule has 1 aromatic carbocycles. The average Bonchev–Trinajstić information content (AvgIpc) is 2.52. The number of rotatable bonds is 5. The fourth-order valence-electron chi connectivity index (χ4n) is 2.18. The lowest BCUT2D eigenvalue weighted by Gasteiger charge is -2.23. The Morgan fingerprint density at radius 2 is 1.86 bits per heavy atom. The van der Waals surface area contributed by atoms with Crippen molar-refractivity contribution in [3.8, 4) is 11.5 Å². The summed E-state index contributed by atoms with van der Waals surface area (Å²) in [6, 6.07) is 4.50. The largest absolute Gasteiger partial charge is 0.493 e. The van der Waals surface area contributed by atoms with Crippen LogP contribution in [0.1, 0.15) is 16.8 Å². The first-order valence-electron chi connectivity index (χ1n) is 6.52. The van der Waals surface area contributed by atoms with Crippen LogP contribution in [0.15, 0.2) is 41.8 Å². The van der Waals surface area contributed by atoms with E-state index in [1.54, 1.807) is 6.07 Å². The number of carbonyl (C=O) groups is 1. The van der Waals surface area contributed by atoms with E-state index in [0.29, 0.717) is 11.5 Å². The molecule has 22 heavy (non-hydrogen) atoms. The molecule has 1 aliphatic carbocycles. The van der Waals surface area contributed by atoms with Crippen molar-refractivity contribution in [2.24, 2.45) is 0 Å². The minimum atomic E-state index is -2.32. The molecule has 6 heteroatoms. The Labute approximate surface area is 127 Å². The molecule has 0 radical (unpaired) electrons. The second-order valence-corrected chi connectivity index (χ2v) is 4.76. The third-order valence-electron chi connectivity index (χ3n) is 3.34. The molecule has 1 unspecified atom stereocenters. The first kappa shape index (κ1) is 16.2. The predicted octanol–water partition coefficient (Wildman–Crippen LogP) is 3.38. The van der Waals surface area contributed by atoms with Crippen LogP contribution in [0.5, 0.6) is 11.5 Å². The maximum atomic E-state index is 14.2. The van der Waals surface area contributed by atoms with E-state index in [9.17, 15) is 13.6 Å². The number of allylic oxidation sites excluding steroid dienone is 2. The Bertz CT molecular complexity index is 652. The van der Waals surface area contributed by atoms with E-state index < -0.39 is 23.9 Å². The number of ketones is 1. The van der Waals surface area contributed by atoms with Gasteiger partial charge in [0, 0.05) is 18.2 Å². The first-order chi connectivity index (χ1) is 10.4. The minimum absolute atomic E-state index is 0.111. The smallest absolute Gasteiger partial charge is 0.235 e. The molecule has 0 aliphatic heterocycles. The van der Waals surface area contributed by atoms with E-state index in [1.165, 1.54) is 26.4 Å². The van der Waals surface area contributed by atoms with Crippen LogP contribution in [0.2, 0.25) is 0 Å². The van der Waals surface area contributed by atoms with Gasteiger partial charge in [-0.3, -0.25) is 4.79 Å². The molecule has 0 aromatic heterocycles. The molecule has 0 fully saturated rings. The maximum Gasteiger partial charge on any atom is 0.235 e. The van der Waals surface area contributed by atoms with E-state index in [1.807, 2.05) is 0 Å². The molecule has 1 aromatic rings. The molecular weight excluding hydrogens is 294 g/mol. The van der Waals surface area contributed by atoms with Gasteiger partial charge in [-0.05, 0) is 30.4 Å². The quantitative estimate of drug-likeness (QED) is 0.782. The third kappa shape index (κ3) is 3.17. The van der Waals surface area contributed by atoms with Crippen molar-refractivity contribution in [1.29, 1.82) is 0 Å². The number of ether oxygens (including phenoxy) is 3. The maximum absolute atomic E-state index is 14.2. The van der Waals surface area contributed by atoms with Gasteiger partial charge < -0.3 is 14.2 Å². The van der Waals surface area contributed by atoms with E-state index in [0.717, 1.165) is 19.3 Å². The Morgan fingerprint density at radius 1 is 1.18 bits per heavy atom. The summed E-state index contributed by atoms with van der Waals surface area (Å²) >= 11 is 0. The van der Waals surface area contributed by atoms with Gasteiger partial charge in [-0.2, -0.15) is 0 Å². The zero-order valence-corrected chi connectivity index (χ0v) is 12.5. The summed E-state index contributed by atoms with van der Waals surface area (Å²) in [5, 5.41) is 0. The van der Waals surface area contributed by atoms with Gasteiger partial charge in [-0.1, -0.05) is 0 Å². The number of carbonyl (C=O) groups excluding carboxylic acids is 1. The fraction of sp³-hybridized carbons (Fsp3) is 0.312. The predicted molar refractivity (Wildman–Crippen MR) is 76.6 cm³/mol. The summed E-state index contributed by atoms with van der Waals surface area (Å²) in [6.45, 7) is 0. The van der Waals surface area contributed by atoms with Crippen LogP contribution in [0, 0.1) is 0 Å². The van der Waals surface area contributed by atoms with Gasteiger partial charge >= 0.3 is 0 Å². The molecule has 1 aliphatic rings. The molecule has 2 rings (SSSR count). The second kappa shape index (κ2) is 6.27. The molecule has 0 amide bonds. The Morgan fingerprint density at radius 3 is 2.45 bits per heavy atom. The van der Waals surface area contributed by atoms with Crippen molar-refractivity contribution in [2.45, 2.75) is 12.3 Å². The Hall–Kier alpha value is -2.21. The number of Topliss-reactive ketones (excluding diaryl/α,β-unsaturated/α-hetero) is 1. The number of methoxy groups -OCH3 is 3. The van der Waals surface area contributed by atoms with Crippen LogP contribution in [-0.2, 0) is 4.74 Å². The van der Waals surface area contributed by atoms with E-state index in [2.05, 4.69) is 4.74 Å². The highest BCUT2D eigenvalue weighted by Gasteiger charge is 2.34. The lowest BCUT2D eigenvalue weighted by molar-refractivity contribution is -0.0824. The number of halogens is 2. The van der Waals surface area contributed by atoms with Crippen molar-refractivity contribution < 1.29 is 27.8 Å². The van der Waals surface area contributed by atoms with E-state index in [4.69, 9.17) is 9.47 Å². The van der Waals surface area contributed by atoms with Crippen LogP contribution < -0.4 is 9.47 Å². The number of hydrogen-bond donors (Lipinski definition) is 0. The second-order valence-electron chi connectivity index (χ2n) is 4.76. The van der Waals surface area contributed by atoms with Gasteiger partial charge in [0.2, 0.25) is 5.85 Å². The molecule has 4 nitrogen and oxygen atoms in total. The van der Waals surface area contributed by atoms with Crippen molar-refractivity contribution in [3.63, 3.8) is 0 Å². The minimum Gasteiger partial charge on any atom is -0.493 e. The van der Waals surface area contributed by atoms with Crippen molar-refractivity contribution >= 4 is 5.78 Å². The van der Waals surface area contributed by atoms with Crippen molar-refractivity contribution in [1.82, 2.24) is 0 Å². The van der Waals surface area contributed by atoms with E-state index in [-0.39, 0.29) is 11.1 Å². The molecule has 0 saturated heterocycles. The van der Waals surface area contributed by atoms with Crippen molar-refractivity contribution in [2.75, 3.05) is 21.3 Å². The Balaban J connectivity index is 2.39. The van der Waals surface area contributed by atoms with Gasteiger partial charge in [-0.25, -0.2) is 8.78 Å². The summed E-state index contributed by atoms with van der Waals surface area (Å²) in [4.78, 5) is 12.4. The molecule has 0 saturated carbocycles. The average molecular weight is 310 g/mol. The molecule has 0 spiro atoms. The van der Waals surface area contributed by atoms with Crippen LogP contribution >= 0.6 is 0 Å². The Kier molecular flexibility index (Phi) is 4.61. The normalized spacial score (nSPS) is 21.0. The summed E-state index contributed by atoms with van der Waals surface area (Å²) in [5.41, 5.74) is 0.119. The van der Waals surface area contributed by atoms with Crippen LogP contribution in [0.3, 0.4) is 0 Å². The molecule has 0 bridgehead atoms. The van der Waals surface area contributed by atoms with E-state index >= 15 is 0 Å². The van der Waals surface area contributed by atoms with Crippen LogP contribution in [0.25, 0.3) is 0 Å². The third-order valence-corrected chi connectivity index (χ3v) is 3.34. The highest BCUT2D eigenvalue weighted by atomic mass is 19.2. The van der Waals surface area contributed by atoms with Crippen molar-refractivity contribution in [3.05, 3.63) is 47.3 Å². The number of alkyl halides is 1. The highest BCUT2D eigenvalue weighted by Crippen LogP contribution is 2.34. The van der Waals surface area contributed by atoms with Gasteiger partial charge in [-0.15, -0.1) is 0 Å². The lowest BCUT2D eigenvalue weighted by Crippen LogP contribution is -2.26. The fourth-order valence-corrected chi connectivity index (χ4v) is 2.18. The van der Waals surface area contributed by atoms with Crippen LogP contribution in [0.4, 0.5) is 8.78 Å². The standard InChI is InChI=1S/C16H16F2O4/c1-20-13-5-4-10(7-14(13)21-2)15(19)11-6-12(17)9-16(18,8-11)22-3/h4-8H,9H2,1-3H3. The van der Waals surface area contributed by atoms with Gasteiger partial charge in [0.1, 0.15) is 5.83 Å². The lowest BCUT2D eigenvalue weighted by atomic mass is 9.95. The summed E-state index contributed by atoms with van der Waals surface area (Å²) in [5.74, 6) is -2.80. The summed E-state index contributed by atoms with van der Waals surface area (Å²) < 4.78 is 42.5. The number of benzene rings is 1. The SMILES string of the molecule is COc1ccc(C(=O)C2=CC(F)(OC)CC(F)=C2)cc1OC. The number of hydrogen-bond acceptors (Lipinski definition) is 4. The molecule has 0 heterocycles. The molecular formula is C16H16F2O4.